The molecule has 0 bridgehead atoms. The van der Waals surface area contributed by atoms with E-state index in [9.17, 15) is 9.59 Å². The summed E-state index contributed by atoms with van der Waals surface area (Å²) in [5.74, 6) is 0.244. The van der Waals surface area contributed by atoms with Gasteiger partial charge in [-0.15, -0.1) is 0 Å². The van der Waals surface area contributed by atoms with Crippen molar-refractivity contribution in [1.29, 1.82) is 0 Å². The fraction of sp³-hybridized carbons (Fsp3) is 0.296. The number of carbonyl (C=O) groups is 2. The number of benzene rings is 2. The monoisotopic (exact) mass is 507 g/mol. The Hall–Kier alpha value is -3.72. The van der Waals surface area contributed by atoms with Gasteiger partial charge in [-0.25, -0.2) is 9.79 Å². The molecular formula is C27H29N3O5S. The molecule has 2 aromatic carbocycles. The predicted molar refractivity (Wildman–Crippen MR) is 141 cm³/mol. The molecule has 188 valence electrons. The summed E-state index contributed by atoms with van der Waals surface area (Å²) in [5.41, 5.74) is 3.72. The second kappa shape index (κ2) is 11.3. The maximum atomic E-state index is 12.9. The first-order valence-corrected chi connectivity index (χ1v) is 12.6. The van der Waals surface area contributed by atoms with Gasteiger partial charge in [0.05, 0.1) is 30.5 Å². The summed E-state index contributed by atoms with van der Waals surface area (Å²) in [4.78, 5) is 31.9. The van der Waals surface area contributed by atoms with Gasteiger partial charge < -0.3 is 24.4 Å². The molecule has 0 saturated heterocycles. The molecule has 9 heteroatoms. The van der Waals surface area contributed by atoms with Crippen molar-refractivity contribution < 1.29 is 23.8 Å². The minimum atomic E-state index is -0.430. The van der Waals surface area contributed by atoms with Gasteiger partial charge in [-0.2, -0.15) is 0 Å². The lowest BCUT2D eigenvalue weighted by Gasteiger charge is -2.33. The fourth-order valence-electron chi connectivity index (χ4n) is 3.96. The van der Waals surface area contributed by atoms with Gasteiger partial charge in [-0.3, -0.25) is 4.79 Å². The second-order valence-electron chi connectivity index (χ2n) is 8.17. The Morgan fingerprint density at radius 1 is 1.03 bits per heavy atom. The Labute approximate surface area is 215 Å². The summed E-state index contributed by atoms with van der Waals surface area (Å²) in [7, 11) is 0. The average molecular weight is 508 g/mol. The van der Waals surface area contributed by atoms with Gasteiger partial charge >= 0.3 is 5.97 Å². The minimum Gasteiger partial charge on any atom is -0.490 e. The third-order valence-electron chi connectivity index (χ3n) is 5.59. The van der Waals surface area contributed by atoms with Gasteiger partial charge in [0, 0.05) is 11.9 Å². The normalized spacial score (nSPS) is 16.4. The van der Waals surface area contributed by atoms with Crippen LogP contribution in [0.4, 0.5) is 5.69 Å². The highest BCUT2D eigenvalue weighted by Crippen LogP contribution is 2.43. The predicted octanol–water partition coefficient (Wildman–Crippen LogP) is 5.18. The lowest BCUT2D eigenvalue weighted by atomic mass is 9.94. The van der Waals surface area contributed by atoms with E-state index in [4.69, 9.17) is 14.2 Å². The highest BCUT2D eigenvalue weighted by Gasteiger charge is 2.37. The Bertz CT molecular complexity index is 1240. The number of amides is 1. The molecule has 1 N–H and O–H groups in total. The molecule has 0 radical (unpaired) electrons. The van der Waals surface area contributed by atoms with Crippen LogP contribution < -0.4 is 14.8 Å². The minimum absolute atomic E-state index is 0.174. The van der Waals surface area contributed by atoms with Crippen molar-refractivity contribution >= 4 is 34.5 Å². The van der Waals surface area contributed by atoms with Crippen molar-refractivity contribution in [1.82, 2.24) is 4.90 Å². The maximum absolute atomic E-state index is 12.9. The molecule has 2 aliphatic rings. The number of amidine groups is 1. The van der Waals surface area contributed by atoms with Crippen LogP contribution in [0.5, 0.6) is 11.5 Å². The maximum Gasteiger partial charge on any atom is 0.338 e. The summed E-state index contributed by atoms with van der Waals surface area (Å²) in [6.45, 7) is 7.96. The average Bonchev–Trinajstić information content (AvgIpc) is 3.32. The SMILES string of the molecule is CCOC(=O)C1=C(C)N=C2SC=CN2[C@H]1c1ccc(OCC(=O)Nc2ccc(C)cc2)c(OCC)c1. The van der Waals surface area contributed by atoms with Crippen LogP contribution >= 0.6 is 11.8 Å². The van der Waals surface area contributed by atoms with Crippen LogP contribution in [-0.2, 0) is 14.3 Å². The fourth-order valence-corrected chi connectivity index (χ4v) is 4.75. The second-order valence-corrected chi connectivity index (χ2v) is 9.04. The van der Waals surface area contributed by atoms with Gasteiger partial charge in [-0.05, 0) is 62.9 Å². The van der Waals surface area contributed by atoms with Gasteiger partial charge in [-0.1, -0.05) is 35.5 Å². The van der Waals surface area contributed by atoms with Crippen molar-refractivity contribution in [2.45, 2.75) is 33.7 Å². The first-order valence-electron chi connectivity index (χ1n) is 11.8. The van der Waals surface area contributed by atoms with Crippen LogP contribution in [0.3, 0.4) is 0 Å². The molecule has 0 aromatic heterocycles. The topological polar surface area (TPSA) is 89.5 Å². The number of fused-ring (bicyclic) bond motifs is 1. The molecule has 0 aliphatic carbocycles. The number of aryl methyl sites for hydroxylation is 1. The molecule has 0 saturated carbocycles. The molecule has 1 amide bonds. The van der Waals surface area contributed by atoms with E-state index in [1.54, 1.807) is 13.0 Å². The van der Waals surface area contributed by atoms with Gasteiger partial charge in [0.25, 0.3) is 5.91 Å². The smallest absolute Gasteiger partial charge is 0.338 e. The van der Waals surface area contributed by atoms with E-state index in [1.165, 1.54) is 11.8 Å². The van der Waals surface area contributed by atoms with Crippen molar-refractivity contribution in [2.75, 3.05) is 25.1 Å². The standard InChI is InChI=1S/C27H29N3O5S/c1-5-33-22-15-19(9-12-21(22)35-16-23(31)29-20-10-7-17(3)8-11-20)25-24(26(32)34-6-2)18(4)28-27-30(25)13-14-36-27/h7-15,25H,5-6,16H2,1-4H3,(H,29,31)/t25-/m0/s1. The van der Waals surface area contributed by atoms with Crippen LogP contribution in [0.15, 0.2) is 70.3 Å². The molecular weight excluding hydrogens is 478 g/mol. The number of carbonyl (C=O) groups excluding carboxylic acids is 2. The first kappa shape index (κ1) is 25.4. The largest absolute Gasteiger partial charge is 0.490 e. The number of allylic oxidation sites excluding steroid dienone is 1. The number of aliphatic imine (C=N–C) groups is 1. The molecule has 2 heterocycles. The van der Waals surface area contributed by atoms with Gasteiger partial charge in [0.1, 0.15) is 0 Å². The summed E-state index contributed by atoms with van der Waals surface area (Å²) in [6, 6.07) is 12.6. The molecule has 0 spiro atoms. The quantitative estimate of drug-likeness (QED) is 0.468. The van der Waals surface area contributed by atoms with Crippen molar-refractivity contribution in [3.05, 3.63) is 76.5 Å². The van der Waals surface area contributed by atoms with Crippen molar-refractivity contribution in [3.63, 3.8) is 0 Å². The summed E-state index contributed by atoms with van der Waals surface area (Å²) in [5, 5.41) is 5.54. The van der Waals surface area contributed by atoms with E-state index in [0.717, 1.165) is 16.3 Å². The zero-order chi connectivity index (χ0) is 25.7. The number of hydrogen-bond donors (Lipinski definition) is 1. The van der Waals surface area contributed by atoms with E-state index in [0.29, 0.717) is 35.1 Å². The van der Waals surface area contributed by atoms with Crippen LogP contribution in [0.25, 0.3) is 0 Å². The number of anilines is 1. The van der Waals surface area contributed by atoms with Crippen LogP contribution in [0.2, 0.25) is 0 Å². The van der Waals surface area contributed by atoms with Crippen LogP contribution in [0, 0.1) is 6.92 Å². The lowest BCUT2D eigenvalue weighted by molar-refractivity contribution is -0.139. The number of nitrogens with one attached hydrogen (secondary N) is 1. The Balaban J connectivity index is 1.57. The highest BCUT2D eigenvalue weighted by atomic mass is 32.2. The molecule has 2 aromatic rings. The number of esters is 1. The Morgan fingerprint density at radius 3 is 2.53 bits per heavy atom. The van der Waals surface area contributed by atoms with Gasteiger partial charge in [0.15, 0.2) is 23.3 Å². The number of thioether (sulfide) groups is 1. The van der Waals surface area contributed by atoms with Crippen LogP contribution in [0.1, 0.15) is 37.9 Å². The molecule has 1 atom stereocenters. The zero-order valence-corrected chi connectivity index (χ0v) is 21.6. The highest BCUT2D eigenvalue weighted by molar-refractivity contribution is 8.16. The lowest BCUT2D eigenvalue weighted by Crippen LogP contribution is -2.34. The molecule has 0 fully saturated rings. The Kier molecular flexibility index (Phi) is 8.00. The first-order chi connectivity index (χ1) is 17.4. The third kappa shape index (κ3) is 5.57. The number of nitrogens with zero attached hydrogens (tertiary/aromatic N) is 2. The molecule has 36 heavy (non-hydrogen) atoms. The summed E-state index contributed by atoms with van der Waals surface area (Å²) in [6.07, 6.45) is 1.90. The van der Waals surface area contributed by atoms with E-state index >= 15 is 0 Å². The molecule has 4 rings (SSSR count). The van der Waals surface area contributed by atoms with Crippen molar-refractivity contribution in [3.8, 4) is 11.5 Å². The van der Waals surface area contributed by atoms with E-state index < -0.39 is 12.0 Å². The van der Waals surface area contributed by atoms with E-state index in [1.807, 2.05) is 73.7 Å². The van der Waals surface area contributed by atoms with Crippen molar-refractivity contribution in [2.24, 2.45) is 4.99 Å². The molecule has 8 nitrogen and oxygen atoms in total. The van der Waals surface area contributed by atoms with E-state index in [-0.39, 0.29) is 19.1 Å². The zero-order valence-electron chi connectivity index (χ0n) is 20.7. The number of hydrogen-bond acceptors (Lipinski definition) is 8. The van der Waals surface area contributed by atoms with Gasteiger partial charge in [0.2, 0.25) is 0 Å². The number of rotatable bonds is 9. The number of ether oxygens (including phenoxy) is 3. The van der Waals surface area contributed by atoms with E-state index in [2.05, 4.69) is 10.3 Å². The summed E-state index contributed by atoms with van der Waals surface area (Å²) >= 11 is 1.49. The Morgan fingerprint density at radius 2 is 1.81 bits per heavy atom. The third-order valence-corrected chi connectivity index (χ3v) is 6.36. The molecule has 2 aliphatic heterocycles. The van der Waals surface area contributed by atoms with Crippen LogP contribution in [-0.4, -0.2) is 41.8 Å². The molecule has 0 unspecified atom stereocenters. The summed E-state index contributed by atoms with van der Waals surface area (Å²) < 4.78 is 17.0.